The number of rotatable bonds is 7. The van der Waals surface area contributed by atoms with Crippen LogP contribution in [0.4, 0.5) is 0 Å². The third-order valence-corrected chi connectivity index (χ3v) is 3.50. The van der Waals surface area contributed by atoms with Crippen LogP contribution >= 0.6 is 0 Å². The molecule has 2 aromatic rings. The van der Waals surface area contributed by atoms with Gasteiger partial charge in [0.15, 0.2) is 0 Å². The van der Waals surface area contributed by atoms with Crippen molar-refractivity contribution in [2.24, 2.45) is 0 Å². The molecule has 0 fully saturated rings. The van der Waals surface area contributed by atoms with Gasteiger partial charge in [-0.1, -0.05) is 43.7 Å². The molecule has 2 aromatic carbocycles. The average molecular weight is 298 g/mol. The molecule has 0 bridgehead atoms. The molecule has 0 aromatic heterocycles. The van der Waals surface area contributed by atoms with E-state index in [1.165, 1.54) is 25.5 Å². The number of unbranched alkanes of at least 4 members (excludes halogenated alkanes) is 1. The van der Waals surface area contributed by atoms with E-state index >= 15 is 0 Å². The van der Waals surface area contributed by atoms with Gasteiger partial charge in [0.1, 0.15) is 12.4 Å². The van der Waals surface area contributed by atoms with E-state index in [4.69, 9.17) is 9.47 Å². The Morgan fingerprint density at radius 3 is 2.45 bits per heavy atom. The summed E-state index contributed by atoms with van der Waals surface area (Å²) in [6.07, 6.45) is 3.55. The summed E-state index contributed by atoms with van der Waals surface area (Å²) < 4.78 is 10.4. The normalized spacial score (nSPS) is 10.3. The van der Waals surface area contributed by atoms with E-state index in [2.05, 4.69) is 31.2 Å². The number of benzene rings is 2. The van der Waals surface area contributed by atoms with E-state index in [9.17, 15) is 4.79 Å². The van der Waals surface area contributed by atoms with E-state index in [1.54, 1.807) is 18.2 Å². The lowest BCUT2D eigenvalue weighted by atomic mass is 10.1. The van der Waals surface area contributed by atoms with Crippen LogP contribution in [0, 0.1) is 0 Å². The quantitative estimate of drug-likeness (QED) is 0.711. The summed E-state index contributed by atoms with van der Waals surface area (Å²) in [5, 5.41) is 0. The van der Waals surface area contributed by atoms with Gasteiger partial charge in [0.2, 0.25) is 0 Å². The van der Waals surface area contributed by atoms with Crippen molar-refractivity contribution in [3.63, 3.8) is 0 Å². The van der Waals surface area contributed by atoms with Crippen molar-refractivity contribution in [2.75, 3.05) is 7.11 Å². The van der Waals surface area contributed by atoms with Crippen molar-refractivity contribution < 1.29 is 14.3 Å². The van der Waals surface area contributed by atoms with Gasteiger partial charge in [-0.05, 0) is 42.2 Å². The van der Waals surface area contributed by atoms with Crippen molar-refractivity contribution in [1.82, 2.24) is 0 Å². The second kappa shape index (κ2) is 8.23. The summed E-state index contributed by atoms with van der Waals surface area (Å²) in [5.74, 6) is 0.309. The molecule has 0 saturated heterocycles. The lowest BCUT2D eigenvalue weighted by molar-refractivity contribution is 0.0600. The van der Waals surface area contributed by atoms with Crippen molar-refractivity contribution in [1.29, 1.82) is 0 Å². The molecular formula is C19H22O3. The van der Waals surface area contributed by atoms with Gasteiger partial charge in [-0.25, -0.2) is 4.79 Å². The number of hydrogen-bond donors (Lipinski definition) is 0. The molecule has 0 aliphatic rings. The first-order valence-electron chi connectivity index (χ1n) is 7.62. The molecule has 22 heavy (non-hydrogen) atoms. The van der Waals surface area contributed by atoms with Crippen LogP contribution in [0.2, 0.25) is 0 Å². The fraction of sp³-hybridized carbons (Fsp3) is 0.316. The van der Waals surface area contributed by atoms with Crippen LogP contribution in [0.1, 0.15) is 41.3 Å². The van der Waals surface area contributed by atoms with Gasteiger partial charge in [-0.15, -0.1) is 0 Å². The van der Waals surface area contributed by atoms with Crippen molar-refractivity contribution in [3.05, 3.63) is 65.2 Å². The van der Waals surface area contributed by atoms with E-state index < -0.39 is 0 Å². The van der Waals surface area contributed by atoms with Crippen LogP contribution in [-0.2, 0) is 17.8 Å². The van der Waals surface area contributed by atoms with E-state index in [1.807, 2.05) is 6.07 Å². The van der Waals surface area contributed by atoms with Crippen LogP contribution in [0.3, 0.4) is 0 Å². The molecule has 116 valence electrons. The summed E-state index contributed by atoms with van der Waals surface area (Å²) in [6.45, 7) is 2.68. The van der Waals surface area contributed by atoms with Crippen molar-refractivity contribution in [2.45, 2.75) is 32.8 Å². The predicted molar refractivity (Wildman–Crippen MR) is 87.2 cm³/mol. The number of esters is 1. The summed E-state index contributed by atoms with van der Waals surface area (Å²) in [4.78, 5) is 11.5. The van der Waals surface area contributed by atoms with E-state index in [0.29, 0.717) is 17.9 Å². The summed E-state index contributed by atoms with van der Waals surface area (Å²) in [7, 11) is 1.37. The van der Waals surface area contributed by atoms with Gasteiger partial charge in [-0.2, -0.15) is 0 Å². The molecule has 0 N–H and O–H groups in total. The molecule has 0 heterocycles. The van der Waals surface area contributed by atoms with E-state index in [0.717, 1.165) is 12.0 Å². The van der Waals surface area contributed by atoms with Crippen LogP contribution in [-0.4, -0.2) is 13.1 Å². The second-order valence-electron chi connectivity index (χ2n) is 5.23. The van der Waals surface area contributed by atoms with E-state index in [-0.39, 0.29) is 5.97 Å². The molecule has 0 aliphatic heterocycles. The van der Waals surface area contributed by atoms with Gasteiger partial charge >= 0.3 is 5.97 Å². The maximum absolute atomic E-state index is 11.5. The Balaban J connectivity index is 1.93. The smallest absolute Gasteiger partial charge is 0.337 e. The summed E-state index contributed by atoms with van der Waals surface area (Å²) in [6, 6.07) is 15.5. The highest BCUT2D eigenvalue weighted by atomic mass is 16.5. The average Bonchev–Trinajstić information content (AvgIpc) is 2.58. The number of methoxy groups -OCH3 is 1. The molecule has 3 nitrogen and oxygen atoms in total. The number of carbonyl (C=O) groups excluding carboxylic acids is 1. The minimum Gasteiger partial charge on any atom is -0.489 e. The van der Waals surface area contributed by atoms with Gasteiger partial charge < -0.3 is 9.47 Å². The molecule has 0 spiro atoms. The Hall–Kier alpha value is -2.29. The van der Waals surface area contributed by atoms with Crippen LogP contribution < -0.4 is 4.74 Å². The largest absolute Gasteiger partial charge is 0.489 e. The Morgan fingerprint density at radius 1 is 1.05 bits per heavy atom. The Kier molecular flexibility index (Phi) is 6.01. The van der Waals surface area contributed by atoms with Crippen molar-refractivity contribution >= 4 is 5.97 Å². The fourth-order valence-electron chi connectivity index (χ4n) is 2.18. The molecular weight excluding hydrogens is 276 g/mol. The van der Waals surface area contributed by atoms with Gasteiger partial charge in [0.05, 0.1) is 12.7 Å². The fourth-order valence-corrected chi connectivity index (χ4v) is 2.18. The molecule has 0 unspecified atom stereocenters. The first kappa shape index (κ1) is 16.1. The molecule has 2 rings (SSSR count). The monoisotopic (exact) mass is 298 g/mol. The zero-order chi connectivity index (χ0) is 15.8. The van der Waals surface area contributed by atoms with Crippen LogP contribution in [0.5, 0.6) is 5.75 Å². The highest BCUT2D eigenvalue weighted by Crippen LogP contribution is 2.16. The first-order chi connectivity index (χ1) is 10.7. The third kappa shape index (κ3) is 4.62. The number of aryl methyl sites for hydroxylation is 1. The summed E-state index contributed by atoms with van der Waals surface area (Å²) in [5.41, 5.74) is 2.97. The molecule has 0 aliphatic carbocycles. The first-order valence-corrected chi connectivity index (χ1v) is 7.62. The van der Waals surface area contributed by atoms with Gasteiger partial charge in [0.25, 0.3) is 0 Å². The zero-order valence-corrected chi connectivity index (χ0v) is 13.2. The predicted octanol–water partition coefficient (Wildman–Crippen LogP) is 4.39. The number of carbonyl (C=O) groups is 1. The highest BCUT2D eigenvalue weighted by Gasteiger charge is 2.06. The minimum absolute atomic E-state index is 0.356. The molecule has 0 amide bonds. The molecule has 3 heteroatoms. The lowest BCUT2D eigenvalue weighted by Crippen LogP contribution is -2.02. The van der Waals surface area contributed by atoms with Gasteiger partial charge in [0, 0.05) is 0 Å². The van der Waals surface area contributed by atoms with Crippen LogP contribution in [0.25, 0.3) is 0 Å². The topological polar surface area (TPSA) is 35.5 Å². The number of hydrogen-bond acceptors (Lipinski definition) is 3. The standard InChI is InChI=1S/C19H22O3/c1-3-4-6-15-9-11-16(12-10-15)14-22-18-8-5-7-17(13-18)19(20)21-2/h5,7-13H,3-4,6,14H2,1-2H3. The Bertz CT molecular complexity index is 602. The summed E-state index contributed by atoms with van der Waals surface area (Å²) >= 11 is 0. The van der Waals surface area contributed by atoms with Gasteiger partial charge in [-0.3, -0.25) is 0 Å². The molecule has 0 atom stereocenters. The Morgan fingerprint density at radius 2 is 1.77 bits per heavy atom. The highest BCUT2D eigenvalue weighted by molar-refractivity contribution is 5.89. The SMILES string of the molecule is CCCCc1ccc(COc2cccc(C(=O)OC)c2)cc1. The number of ether oxygens (including phenoxy) is 2. The molecule has 0 radical (unpaired) electrons. The third-order valence-electron chi connectivity index (χ3n) is 3.50. The zero-order valence-electron chi connectivity index (χ0n) is 13.2. The minimum atomic E-state index is -0.356. The molecule has 0 saturated carbocycles. The maximum Gasteiger partial charge on any atom is 0.337 e. The maximum atomic E-state index is 11.5. The van der Waals surface area contributed by atoms with Crippen LogP contribution in [0.15, 0.2) is 48.5 Å². The van der Waals surface area contributed by atoms with Crippen molar-refractivity contribution in [3.8, 4) is 5.75 Å². The lowest BCUT2D eigenvalue weighted by Gasteiger charge is -2.08. The Labute approximate surface area is 131 Å². The second-order valence-corrected chi connectivity index (χ2v) is 5.23.